The van der Waals surface area contributed by atoms with Gasteiger partial charge in [0.2, 0.25) is 5.88 Å². The fourth-order valence-electron chi connectivity index (χ4n) is 2.25. The third-order valence-corrected chi connectivity index (χ3v) is 3.54. The van der Waals surface area contributed by atoms with Gasteiger partial charge >= 0.3 is 0 Å². The van der Waals surface area contributed by atoms with Crippen LogP contribution in [0.3, 0.4) is 0 Å². The van der Waals surface area contributed by atoms with Crippen molar-refractivity contribution in [3.05, 3.63) is 35.4 Å². The Morgan fingerprint density at radius 3 is 2.93 bits per heavy atom. The van der Waals surface area contributed by atoms with Crippen molar-refractivity contribution in [3.8, 4) is 23.3 Å². The second kappa shape index (κ2) is 9.45. The molecule has 0 aliphatic rings. The number of nitrogen functional groups attached to an aromatic ring is 1. The minimum atomic E-state index is -0.772. The molecular weight excluding hydrogens is 353 g/mol. The number of anilines is 1. The molecule has 1 amide bonds. The normalized spacial score (nSPS) is 11.5. The van der Waals surface area contributed by atoms with E-state index >= 15 is 0 Å². The number of benzene rings is 1. The van der Waals surface area contributed by atoms with Crippen LogP contribution >= 0.6 is 0 Å². The first-order valence-corrected chi connectivity index (χ1v) is 8.29. The van der Waals surface area contributed by atoms with Crippen molar-refractivity contribution < 1.29 is 19.0 Å². The van der Waals surface area contributed by atoms with Gasteiger partial charge in [-0.1, -0.05) is 12.1 Å². The lowest BCUT2D eigenvalue weighted by molar-refractivity contribution is 0.0940. The van der Waals surface area contributed by atoms with Crippen molar-refractivity contribution in [1.29, 1.82) is 5.26 Å². The van der Waals surface area contributed by atoms with Gasteiger partial charge in [-0.25, -0.2) is 9.37 Å². The summed E-state index contributed by atoms with van der Waals surface area (Å²) in [5, 5.41) is 20.9. The SMILES string of the molecule is CC(O)CCNC(=O)c1c(N)nc(-c2cccc(C#N)c2)nc1OCCF. The Hall–Kier alpha value is -3.25. The van der Waals surface area contributed by atoms with Crippen LogP contribution in [-0.4, -0.2) is 46.9 Å². The molecule has 9 heteroatoms. The Labute approximate surface area is 155 Å². The number of ether oxygens (including phenoxy) is 1. The molecule has 1 heterocycles. The van der Waals surface area contributed by atoms with Crippen LogP contribution in [0.5, 0.6) is 5.88 Å². The minimum absolute atomic E-state index is 0.103. The number of hydrogen-bond acceptors (Lipinski definition) is 7. The first-order chi connectivity index (χ1) is 13.0. The highest BCUT2D eigenvalue weighted by Gasteiger charge is 2.21. The highest BCUT2D eigenvalue weighted by atomic mass is 19.1. The molecule has 2 rings (SSSR count). The number of aliphatic hydroxyl groups excluding tert-OH is 1. The molecule has 4 N–H and O–H groups in total. The second-order valence-corrected chi connectivity index (χ2v) is 5.74. The highest BCUT2D eigenvalue weighted by Crippen LogP contribution is 2.26. The maximum atomic E-state index is 12.6. The number of aliphatic hydroxyl groups is 1. The van der Waals surface area contributed by atoms with E-state index in [1.54, 1.807) is 31.2 Å². The fraction of sp³-hybridized carbons (Fsp3) is 0.333. The van der Waals surface area contributed by atoms with Gasteiger partial charge in [0.05, 0.1) is 17.7 Å². The molecule has 0 saturated heterocycles. The number of nitrogens with one attached hydrogen (secondary N) is 1. The van der Waals surface area contributed by atoms with E-state index in [1.807, 2.05) is 6.07 Å². The van der Waals surface area contributed by atoms with Crippen LogP contribution in [-0.2, 0) is 0 Å². The summed E-state index contributed by atoms with van der Waals surface area (Å²) in [6.45, 7) is 0.738. The minimum Gasteiger partial charge on any atom is -0.474 e. The van der Waals surface area contributed by atoms with Crippen molar-refractivity contribution in [2.24, 2.45) is 0 Å². The van der Waals surface area contributed by atoms with Crippen molar-refractivity contribution in [2.75, 3.05) is 25.6 Å². The van der Waals surface area contributed by atoms with E-state index in [4.69, 9.17) is 15.7 Å². The molecule has 1 aromatic heterocycles. The monoisotopic (exact) mass is 373 g/mol. The molecule has 0 spiro atoms. The number of alkyl halides is 1. The molecule has 0 bridgehead atoms. The molecule has 142 valence electrons. The number of hydrogen-bond donors (Lipinski definition) is 3. The quantitative estimate of drug-likeness (QED) is 0.637. The Bertz CT molecular complexity index is 851. The van der Waals surface area contributed by atoms with Crippen LogP contribution in [0.25, 0.3) is 11.4 Å². The number of carbonyl (C=O) groups is 1. The van der Waals surface area contributed by atoms with E-state index in [0.29, 0.717) is 17.5 Å². The van der Waals surface area contributed by atoms with Crippen molar-refractivity contribution in [2.45, 2.75) is 19.4 Å². The Morgan fingerprint density at radius 1 is 1.48 bits per heavy atom. The molecule has 1 aromatic carbocycles. The Balaban J connectivity index is 2.39. The molecule has 0 aliphatic heterocycles. The van der Waals surface area contributed by atoms with Gasteiger partial charge < -0.3 is 20.9 Å². The zero-order valence-corrected chi connectivity index (χ0v) is 14.8. The molecule has 0 aliphatic carbocycles. The van der Waals surface area contributed by atoms with Gasteiger partial charge in [0.15, 0.2) is 5.82 Å². The smallest absolute Gasteiger partial charge is 0.260 e. The molecule has 1 atom stereocenters. The van der Waals surface area contributed by atoms with Crippen LogP contribution in [0.15, 0.2) is 24.3 Å². The highest BCUT2D eigenvalue weighted by molar-refractivity contribution is 6.00. The summed E-state index contributed by atoms with van der Waals surface area (Å²) in [5.41, 5.74) is 6.74. The van der Waals surface area contributed by atoms with Gasteiger partial charge in [-0.15, -0.1) is 0 Å². The lowest BCUT2D eigenvalue weighted by atomic mass is 10.1. The summed E-state index contributed by atoms with van der Waals surface area (Å²) in [6, 6.07) is 8.53. The maximum absolute atomic E-state index is 12.6. The molecule has 0 radical (unpaired) electrons. The second-order valence-electron chi connectivity index (χ2n) is 5.74. The number of carbonyl (C=O) groups excluding carboxylic acids is 1. The first-order valence-electron chi connectivity index (χ1n) is 8.29. The summed E-state index contributed by atoms with van der Waals surface area (Å²) in [6.07, 6.45) is -0.220. The van der Waals surface area contributed by atoms with Crippen LogP contribution in [0.2, 0.25) is 0 Å². The number of nitriles is 1. The summed E-state index contributed by atoms with van der Waals surface area (Å²) in [4.78, 5) is 20.7. The largest absolute Gasteiger partial charge is 0.474 e. The Kier molecular flexibility index (Phi) is 7.02. The summed E-state index contributed by atoms with van der Waals surface area (Å²) >= 11 is 0. The molecular formula is C18H20FN5O3. The summed E-state index contributed by atoms with van der Waals surface area (Å²) < 4.78 is 17.8. The number of nitrogens with two attached hydrogens (primary N) is 1. The van der Waals surface area contributed by atoms with Crippen LogP contribution in [0, 0.1) is 11.3 Å². The molecule has 8 nitrogen and oxygen atoms in total. The Morgan fingerprint density at radius 2 is 2.26 bits per heavy atom. The predicted octanol–water partition coefficient (Wildman–Crippen LogP) is 1.45. The van der Waals surface area contributed by atoms with Gasteiger partial charge in [0, 0.05) is 12.1 Å². The molecule has 2 aromatic rings. The predicted molar refractivity (Wildman–Crippen MR) is 96.7 cm³/mol. The number of halogens is 1. The standard InChI is InChI=1S/C18H20FN5O3/c1-11(25)5-7-22-17(26)14-15(21)23-16(24-18(14)27-8-6-19)13-4-2-3-12(9-13)10-20/h2-4,9,11,25H,5-8H2,1H3,(H,22,26)(H2,21,23,24). The zero-order chi connectivity index (χ0) is 19.8. The topological polar surface area (TPSA) is 134 Å². The van der Waals surface area contributed by atoms with E-state index in [1.165, 1.54) is 0 Å². The van der Waals surface area contributed by atoms with E-state index in [2.05, 4.69) is 15.3 Å². The van der Waals surface area contributed by atoms with E-state index in [9.17, 15) is 14.3 Å². The zero-order valence-electron chi connectivity index (χ0n) is 14.8. The number of aromatic nitrogens is 2. The van der Waals surface area contributed by atoms with Crippen molar-refractivity contribution >= 4 is 11.7 Å². The molecule has 0 fully saturated rings. The van der Waals surface area contributed by atoms with Crippen LogP contribution < -0.4 is 15.8 Å². The van der Waals surface area contributed by atoms with Gasteiger partial charge in [-0.05, 0) is 25.5 Å². The number of amides is 1. The van der Waals surface area contributed by atoms with E-state index < -0.39 is 18.7 Å². The summed E-state index contributed by atoms with van der Waals surface area (Å²) in [7, 11) is 0. The molecule has 1 unspecified atom stereocenters. The van der Waals surface area contributed by atoms with Gasteiger partial charge in [0.25, 0.3) is 5.91 Å². The lowest BCUT2D eigenvalue weighted by Gasteiger charge is -2.14. The number of rotatable bonds is 8. The average molecular weight is 373 g/mol. The third kappa shape index (κ3) is 5.36. The van der Waals surface area contributed by atoms with Crippen LogP contribution in [0.1, 0.15) is 29.3 Å². The fourth-order valence-corrected chi connectivity index (χ4v) is 2.25. The van der Waals surface area contributed by atoms with Gasteiger partial charge in [0.1, 0.15) is 24.7 Å². The van der Waals surface area contributed by atoms with Crippen LogP contribution in [0.4, 0.5) is 10.2 Å². The average Bonchev–Trinajstić information content (AvgIpc) is 2.65. The molecule has 0 saturated carbocycles. The maximum Gasteiger partial charge on any atom is 0.260 e. The van der Waals surface area contributed by atoms with Gasteiger partial charge in [-0.2, -0.15) is 10.2 Å². The lowest BCUT2D eigenvalue weighted by Crippen LogP contribution is -2.28. The van der Waals surface area contributed by atoms with Gasteiger partial charge in [-0.3, -0.25) is 4.79 Å². The third-order valence-electron chi connectivity index (χ3n) is 3.54. The molecule has 27 heavy (non-hydrogen) atoms. The van der Waals surface area contributed by atoms with E-state index in [-0.39, 0.29) is 36.2 Å². The van der Waals surface area contributed by atoms with Crippen molar-refractivity contribution in [3.63, 3.8) is 0 Å². The van der Waals surface area contributed by atoms with Crippen molar-refractivity contribution in [1.82, 2.24) is 15.3 Å². The first kappa shape index (κ1) is 20.1. The number of nitrogens with zero attached hydrogens (tertiary/aromatic N) is 3. The van der Waals surface area contributed by atoms with E-state index in [0.717, 1.165) is 0 Å². The summed E-state index contributed by atoms with van der Waals surface area (Å²) in [5.74, 6) is -0.712.